The van der Waals surface area contributed by atoms with Crippen LogP contribution in [-0.2, 0) is 22.4 Å². The molecule has 0 saturated carbocycles. The number of esters is 1. The first-order valence-corrected chi connectivity index (χ1v) is 10.8. The molecule has 0 aliphatic heterocycles. The second kappa shape index (κ2) is 9.75. The van der Waals surface area contributed by atoms with Crippen LogP contribution in [0.3, 0.4) is 0 Å². The van der Waals surface area contributed by atoms with Crippen molar-refractivity contribution >= 4 is 68.7 Å². The SMILES string of the molecule is COC(=O)c1c(NC(=S)NC(=O)COc2ccc(Cl)cc2Cl)sc2c1CCCC2. The largest absolute Gasteiger partial charge is 0.482 e. The van der Waals surface area contributed by atoms with Crippen molar-refractivity contribution in [2.45, 2.75) is 25.7 Å². The Hall–Kier alpha value is -1.87. The number of anilines is 1. The van der Waals surface area contributed by atoms with Gasteiger partial charge in [0.1, 0.15) is 10.8 Å². The van der Waals surface area contributed by atoms with Crippen molar-refractivity contribution in [2.24, 2.45) is 0 Å². The molecule has 0 saturated heterocycles. The Kier molecular flexibility index (Phi) is 7.34. The highest BCUT2D eigenvalue weighted by Crippen LogP contribution is 2.38. The molecular weight excluding hydrogens is 455 g/mol. The number of thiophene rings is 1. The van der Waals surface area contributed by atoms with Gasteiger partial charge in [0.25, 0.3) is 5.91 Å². The van der Waals surface area contributed by atoms with Gasteiger partial charge in [-0.15, -0.1) is 11.3 Å². The first-order chi connectivity index (χ1) is 13.9. The summed E-state index contributed by atoms with van der Waals surface area (Å²) in [4.78, 5) is 25.5. The van der Waals surface area contributed by atoms with Gasteiger partial charge in [-0.25, -0.2) is 4.79 Å². The summed E-state index contributed by atoms with van der Waals surface area (Å²) in [6, 6.07) is 4.71. The Balaban J connectivity index is 1.62. The Labute approximate surface area is 187 Å². The van der Waals surface area contributed by atoms with Gasteiger partial charge in [0.05, 0.1) is 17.7 Å². The van der Waals surface area contributed by atoms with Crippen LogP contribution in [-0.4, -0.2) is 30.7 Å². The normalized spacial score (nSPS) is 12.7. The number of rotatable bonds is 5. The summed E-state index contributed by atoms with van der Waals surface area (Å²) < 4.78 is 10.3. The molecule has 29 heavy (non-hydrogen) atoms. The molecule has 1 aromatic carbocycles. The lowest BCUT2D eigenvalue weighted by Gasteiger charge is -2.12. The van der Waals surface area contributed by atoms with Crippen molar-refractivity contribution in [3.63, 3.8) is 0 Å². The van der Waals surface area contributed by atoms with E-state index in [2.05, 4.69) is 10.6 Å². The van der Waals surface area contributed by atoms with Crippen molar-refractivity contribution in [2.75, 3.05) is 19.0 Å². The number of methoxy groups -OCH3 is 1. The van der Waals surface area contributed by atoms with E-state index in [0.717, 1.165) is 36.1 Å². The molecule has 0 atom stereocenters. The molecule has 1 aliphatic carbocycles. The van der Waals surface area contributed by atoms with Crippen LogP contribution < -0.4 is 15.4 Å². The van der Waals surface area contributed by atoms with E-state index in [1.54, 1.807) is 12.1 Å². The lowest BCUT2D eigenvalue weighted by Crippen LogP contribution is -2.37. The number of thiocarbonyl (C=S) groups is 1. The zero-order valence-corrected chi connectivity index (χ0v) is 18.6. The molecule has 1 heterocycles. The molecule has 0 fully saturated rings. The highest BCUT2D eigenvalue weighted by atomic mass is 35.5. The minimum atomic E-state index is -0.463. The van der Waals surface area contributed by atoms with Gasteiger partial charge in [-0.1, -0.05) is 23.2 Å². The lowest BCUT2D eigenvalue weighted by atomic mass is 9.95. The molecule has 0 spiro atoms. The van der Waals surface area contributed by atoms with Crippen LogP contribution in [0.4, 0.5) is 5.00 Å². The fourth-order valence-electron chi connectivity index (χ4n) is 3.00. The molecule has 1 aromatic heterocycles. The predicted octanol–water partition coefficient (Wildman–Crippen LogP) is 4.61. The number of ether oxygens (including phenoxy) is 2. The molecule has 6 nitrogen and oxygen atoms in total. The van der Waals surface area contributed by atoms with Crippen LogP contribution in [0.15, 0.2) is 18.2 Å². The number of carbonyl (C=O) groups is 2. The van der Waals surface area contributed by atoms with Crippen LogP contribution >= 0.6 is 46.8 Å². The molecule has 2 aromatic rings. The zero-order valence-electron chi connectivity index (χ0n) is 15.5. The van der Waals surface area contributed by atoms with Crippen molar-refractivity contribution in [3.05, 3.63) is 44.2 Å². The molecule has 0 bridgehead atoms. The monoisotopic (exact) mass is 472 g/mol. The van der Waals surface area contributed by atoms with E-state index in [0.29, 0.717) is 26.4 Å². The van der Waals surface area contributed by atoms with Gasteiger partial charge in [0.15, 0.2) is 11.7 Å². The molecule has 10 heteroatoms. The van der Waals surface area contributed by atoms with E-state index >= 15 is 0 Å². The lowest BCUT2D eigenvalue weighted by molar-refractivity contribution is -0.121. The summed E-state index contributed by atoms with van der Waals surface area (Å²) in [5, 5.41) is 6.91. The summed E-state index contributed by atoms with van der Waals surface area (Å²) in [7, 11) is 1.35. The Morgan fingerprint density at radius 2 is 2.00 bits per heavy atom. The van der Waals surface area contributed by atoms with Gasteiger partial charge in [-0.2, -0.15) is 0 Å². The number of hydrogen-bond donors (Lipinski definition) is 2. The van der Waals surface area contributed by atoms with Crippen LogP contribution in [0.25, 0.3) is 0 Å². The number of amides is 1. The first-order valence-electron chi connectivity index (χ1n) is 8.80. The molecular formula is C19H18Cl2N2O4S2. The molecule has 3 rings (SSSR count). The van der Waals surface area contributed by atoms with Crippen molar-refractivity contribution in [1.29, 1.82) is 0 Å². The van der Waals surface area contributed by atoms with Gasteiger partial charge in [0, 0.05) is 9.90 Å². The van der Waals surface area contributed by atoms with Gasteiger partial charge in [-0.05, 0) is 61.7 Å². The number of halogens is 2. The third-order valence-corrected chi connectivity index (χ3v) is 6.24. The smallest absolute Gasteiger partial charge is 0.341 e. The van der Waals surface area contributed by atoms with E-state index in [9.17, 15) is 9.59 Å². The number of nitrogens with one attached hydrogen (secondary N) is 2. The molecule has 0 unspecified atom stereocenters. The van der Waals surface area contributed by atoms with Crippen LogP contribution in [0, 0.1) is 0 Å². The predicted molar refractivity (Wildman–Crippen MR) is 119 cm³/mol. The quantitative estimate of drug-likeness (QED) is 0.488. The molecule has 1 aliphatic rings. The topological polar surface area (TPSA) is 76.7 Å². The highest BCUT2D eigenvalue weighted by Gasteiger charge is 2.26. The number of fused-ring (bicyclic) bond motifs is 1. The maximum Gasteiger partial charge on any atom is 0.341 e. The summed E-state index contributed by atoms with van der Waals surface area (Å²) >= 11 is 18.5. The van der Waals surface area contributed by atoms with Crippen molar-refractivity contribution < 1.29 is 19.1 Å². The summed E-state index contributed by atoms with van der Waals surface area (Å²) in [6.07, 6.45) is 3.85. The average Bonchev–Trinajstić information content (AvgIpc) is 3.04. The van der Waals surface area contributed by atoms with E-state index in [1.165, 1.54) is 24.5 Å². The molecule has 154 valence electrons. The molecule has 0 radical (unpaired) electrons. The standard InChI is InChI=1S/C19H18Cl2N2O4S2/c1-26-18(25)16-11-4-2-3-5-14(11)29-17(16)23-19(28)22-15(24)9-27-13-7-6-10(20)8-12(13)21/h6-8H,2-5,9H2,1H3,(H2,22,23,24,28). The number of carbonyl (C=O) groups excluding carboxylic acids is 2. The van der Waals surface area contributed by atoms with Gasteiger partial charge in [-0.3, -0.25) is 10.1 Å². The average molecular weight is 473 g/mol. The van der Waals surface area contributed by atoms with Crippen LogP contribution in [0.1, 0.15) is 33.6 Å². The third kappa shape index (κ3) is 5.39. The van der Waals surface area contributed by atoms with E-state index < -0.39 is 11.9 Å². The second-order valence-electron chi connectivity index (χ2n) is 6.27. The summed E-state index contributed by atoms with van der Waals surface area (Å²) in [5.74, 6) is -0.541. The summed E-state index contributed by atoms with van der Waals surface area (Å²) in [5.41, 5.74) is 1.50. The maximum absolute atomic E-state index is 12.3. The van der Waals surface area contributed by atoms with E-state index in [-0.39, 0.29) is 11.7 Å². The van der Waals surface area contributed by atoms with Gasteiger partial charge in [0.2, 0.25) is 0 Å². The maximum atomic E-state index is 12.3. The molecule has 2 N–H and O–H groups in total. The van der Waals surface area contributed by atoms with Gasteiger partial charge >= 0.3 is 5.97 Å². The number of aryl methyl sites for hydroxylation is 1. The van der Waals surface area contributed by atoms with Crippen LogP contribution in [0.2, 0.25) is 10.0 Å². The Morgan fingerprint density at radius 1 is 1.24 bits per heavy atom. The zero-order chi connectivity index (χ0) is 21.0. The fraction of sp³-hybridized carbons (Fsp3) is 0.316. The van der Waals surface area contributed by atoms with Crippen molar-refractivity contribution in [3.8, 4) is 5.75 Å². The van der Waals surface area contributed by atoms with E-state index in [4.69, 9.17) is 44.9 Å². The third-order valence-electron chi connectivity index (χ3n) is 4.29. The number of benzene rings is 1. The number of hydrogen-bond acceptors (Lipinski definition) is 6. The minimum Gasteiger partial charge on any atom is -0.482 e. The fourth-order valence-corrected chi connectivity index (χ4v) is 5.03. The molecule has 1 amide bonds. The van der Waals surface area contributed by atoms with E-state index in [1.807, 2.05) is 0 Å². The van der Waals surface area contributed by atoms with Crippen LogP contribution in [0.5, 0.6) is 5.75 Å². The second-order valence-corrected chi connectivity index (χ2v) is 8.63. The Morgan fingerprint density at radius 3 is 2.72 bits per heavy atom. The minimum absolute atomic E-state index is 0.0737. The van der Waals surface area contributed by atoms with Gasteiger partial charge < -0.3 is 14.8 Å². The van der Waals surface area contributed by atoms with Crippen molar-refractivity contribution in [1.82, 2.24) is 5.32 Å². The first kappa shape index (κ1) is 21.8. The summed E-state index contributed by atoms with van der Waals surface area (Å²) in [6.45, 7) is -0.284. The Bertz CT molecular complexity index is 962. The highest BCUT2D eigenvalue weighted by molar-refractivity contribution is 7.80.